The Hall–Kier alpha value is -2.75. The second kappa shape index (κ2) is 7.10. The maximum Gasteiger partial charge on any atom is 0.198 e. The molecule has 0 aromatic heterocycles. The van der Waals surface area contributed by atoms with E-state index in [1.807, 2.05) is 39.0 Å². The van der Waals surface area contributed by atoms with Gasteiger partial charge >= 0.3 is 0 Å². The minimum absolute atomic E-state index is 0.0337. The maximum absolute atomic E-state index is 13.3. The lowest BCUT2D eigenvalue weighted by Crippen LogP contribution is -2.34. The fraction of sp³-hybridized carbons (Fsp3) is 0.348. The van der Waals surface area contributed by atoms with Gasteiger partial charge in [0.15, 0.2) is 11.9 Å². The van der Waals surface area contributed by atoms with E-state index >= 15 is 0 Å². The normalized spacial score (nSPS) is 18.4. The molecular formula is C23H27NO3. The summed E-state index contributed by atoms with van der Waals surface area (Å²) >= 11 is 0. The summed E-state index contributed by atoms with van der Waals surface area (Å²) in [5.41, 5.74) is 2.91. The summed E-state index contributed by atoms with van der Waals surface area (Å²) in [5, 5.41) is 12.9. The Balaban J connectivity index is 2.08. The van der Waals surface area contributed by atoms with Crippen molar-refractivity contribution in [1.29, 1.82) is 0 Å². The Labute approximate surface area is 160 Å². The molecule has 1 heterocycles. The number of Topliss-reactive ketones (excluding diaryl/α,β-unsaturated/α-hetero) is 1. The van der Waals surface area contributed by atoms with Crippen molar-refractivity contribution < 1.29 is 14.6 Å². The number of aromatic hydroxyl groups is 1. The van der Waals surface area contributed by atoms with Gasteiger partial charge in [-0.1, -0.05) is 32.0 Å². The summed E-state index contributed by atoms with van der Waals surface area (Å²) in [6, 6.07) is 12.6. The van der Waals surface area contributed by atoms with E-state index in [4.69, 9.17) is 4.74 Å². The van der Waals surface area contributed by atoms with E-state index in [0.29, 0.717) is 22.8 Å². The third-order valence-electron chi connectivity index (χ3n) is 4.56. The van der Waals surface area contributed by atoms with E-state index in [1.165, 1.54) is 0 Å². The van der Waals surface area contributed by atoms with Crippen molar-refractivity contribution >= 4 is 5.78 Å². The van der Waals surface area contributed by atoms with Crippen LogP contribution in [-0.2, 0) is 0 Å². The Kier molecular flexibility index (Phi) is 5.01. The van der Waals surface area contributed by atoms with Gasteiger partial charge in [0.1, 0.15) is 11.5 Å². The molecule has 0 aliphatic carbocycles. The molecule has 0 saturated carbocycles. The first-order valence-corrected chi connectivity index (χ1v) is 9.28. The largest absolute Gasteiger partial charge is 0.508 e. The van der Waals surface area contributed by atoms with Crippen LogP contribution in [0, 0.1) is 0 Å². The zero-order valence-electron chi connectivity index (χ0n) is 16.5. The predicted molar refractivity (Wildman–Crippen MR) is 107 cm³/mol. The SMILES string of the molecule is CC(C)c1ccc2c(c1)C(=O)/C(=C\NC(C)(C)C)C(c1ccc(O)cc1)O2. The van der Waals surface area contributed by atoms with E-state index in [0.717, 1.165) is 11.1 Å². The smallest absolute Gasteiger partial charge is 0.198 e. The number of carbonyl (C=O) groups excluding carboxylic acids is 1. The summed E-state index contributed by atoms with van der Waals surface area (Å²) in [7, 11) is 0. The molecule has 4 nitrogen and oxygen atoms in total. The summed E-state index contributed by atoms with van der Waals surface area (Å²) < 4.78 is 6.23. The number of ketones is 1. The lowest BCUT2D eigenvalue weighted by atomic mass is 9.89. The van der Waals surface area contributed by atoms with Crippen LogP contribution in [0.25, 0.3) is 0 Å². The average Bonchev–Trinajstić information content (AvgIpc) is 2.60. The Morgan fingerprint density at radius 3 is 2.37 bits per heavy atom. The molecule has 1 aliphatic rings. The standard InChI is InChI=1S/C23H27NO3/c1-14(2)16-8-11-20-18(12-16)21(26)19(13-24-23(3,4)5)22(27-20)15-6-9-17(25)10-7-15/h6-14,22,24-25H,1-5H3/b19-13+. The summed E-state index contributed by atoms with van der Waals surface area (Å²) in [6.07, 6.45) is 1.25. The highest BCUT2D eigenvalue weighted by molar-refractivity contribution is 6.12. The van der Waals surface area contributed by atoms with Crippen LogP contribution in [0.5, 0.6) is 11.5 Å². The second-order valence-electron chi connectivity index (χ2n) is 8.32. The van der Waals surface area contributed by atoms with Crippen molar-refractivity contribution in [1.82, 2.24) is 5.32 Å². The third-order valence-corrected chi connectivity index (χ3v) is 4.56. The van der Waals surface area contributed by atoms with Crippen molar-refractivity contribution in [2.75, 3.05) is 0 Å². The lowest BCUT2D eigenvalue weighted by Gasteiger charge is -2.30. The fourth-order valence-corrected chi connectivity index (χ4v) is 2.98. The molecule has 142 valence electrons. The Morgan fingerprint density at radius 2 is 1.78 bits per heavy atom. The van der Waals surface area contributed by atoms with Gasteiger partial charge in [0, 0.05) is 11.7 Å². The van der Waals surface area contributed by atoms with Crippen molar-refractivity contribution in [2.24, 2.45) is 0 Å². The average molecular weight is 365 g/mol. The number of phenolic OH excluding ortho intramolecular Hbond substituents is 1. The van der Waals surface area contributed by atoms with E-state index in [2.05, 4.69) is 19.2 Å². The van der Waals surface area contributed by atoms with Crippen molar-refractivity contribution in [2.45, 2.75) is 52.2 Å². The van der Waals surface area contributed by atoms with Crippen molar-refractivity contribution in [3.05, 3.63) is 70.9 Å². The molecule has 0 amide bonds. The molecule has 1 unspecified atom stereocenters. The van der Waals surface area contributed by atoms with Gasteiger partial charge in [0.25, 0.3) is 0 Å². The van der Waals surface area contributed by atoms with Gasteiger partial charge < -0.3 is 15.2 Å². The molecular weight excluding hydrogens is 338 g/mol. The zero-order chi connectivity index (χ0) is 19.8. The van der Waals surface area contributed by atoms with Crippen molar-refractivity contribution in [3.63, 3.8) is 0 Å². The number of nitrogens with one attached hydrogen (secondary N) is 1. The van der Waals surface area contributed by atoms with Gasteiger partial charge in [0.2, 0.25) is 0 Å². The van der Waals surface area contributed by atoms with Crippen LogP contribution < -0.4 is 10.1 Å². The van der Waals surface area contributed by atoms with Gasteiger partial charge in [-0.05, 0) is 62.1 Å². The van der Waals surface area contributed by atoms with Crippen LogP contribution in [0.1, 0.15) is 68.1 Å². The Bertz CT molecular complexity index is 873. The van der Waals surface area contributed by atoms with Gasteiger partial charge in [-0.15, -0.1) is 0 Å². The lowest BCUT2D eigenvalue weighted by molar-refractivity contribution is 0.0959. The highest BCUT2D eigenvalue weighted by atomic mass is 16.5. The van der Waals surface area contributed by atoms with Crippen LogP contribution in [0.15, 0.2) is 54.2 Å². The van der Waals surface area contributed by atoms with Gasteiger partial charge in [-0.25, -0.2) is 0 Å². The van der Waals surface area contributed by atoms with Gasteiger partial charge in [-0.2, -0.15) is 0 Å². The quantitative estimate of drug-likeness (QED) is 0.743. The topological polar surface area (TPSA) is 58.6 Å². The molecule has 0 spiro atoms. The molecule has 2 aromatic carbocycles. The van der Waals surface area contributed by atoms with Gasteiger partial charge in [0.05, 0.1) is 11.1 Å². The molecule has 4 heteroatoms. The summed E-state index contributed by atoms with van der Waals surface area (Å²) in [6.45, 7) is 10.3. The van der Waals surface area contributed by atoms with E-state index in [9.17, 15) is 9.90 Å². The monoisotopic (exact) mass is 365 g/mol. The molecule has 1 aliphatic heterocycles. The molecule has 0 bridgehead atoms. The maximum atomic E-state index is 13.3. The molecule has 2 N–H and O–H groups in total. The van der Waals surface area contributed by atoms with Crippen molar-refractivity contribution in [3.8, 4) is 11.5 Å². The van der Waals surface area contributed by atoms with E-state index in [-0.39, 0.29) is 17.1 Å². The zero-order valence-corrected chi connectivity index (χ0v) is 16.5. The van der Waals surface area contributed by atoms with Crippen LogP contribution in [0.3, 0.4) is 0 Å². The van der Waals surface area contributed by atoms with Crippen LogP contribution in [0.4, 0.5) is 0 Å². The van der Waals surface area contributed by atoms with Crippen LogP contribution in [0.2, 0.25) is 0 Å². The molecule has 1 atom stereocenters. The summed E-state index contributed by atoms with van der Waals surface area (Å²) in [4.78, 5) is 13.3. The minimum atomic E-state index is -0.523. The number of ether oxygens (including phenoxy) is 1. The van der Waals surface area contributed by atoms with E-state index in [1.54, 1.807) is 30.5 Å². The number of hydrogen-bond acceptors (Lipinski definition) is 4. The highest BCUT2D eigenvalue weighted by Crippen LogP contribution is 2.39. The second-order valence-corrected chi connectivity index (χ2v) is 8.32. The van der Waals surface area contributed by atoms with Gasteiger partial charge in [-0.3, -0.25) is 4.79 Å². The van der Waals surface area contributed by atoms with Crippen LogP contribution in [-0.4, -0.2) is 16.4 Å². The predicted octanol–water partition coefficient (Wildman–Crippen LogP) is 5.10. The number of benzene rings is 2. The molecule has 27 heavy (non-hydrogen) atoms. The molecule has 3 rings (SSSR count). The highest BCUT2D eigenvalue weighted by Gasteiger charge is 2.33. The summed E-state index contributed by atoms with van der Waals surface area (Å²) in [5.74, 6) is 1.07. The van der Waals surface area contributed by atoms with Crippen LogP contribution >= 0.6 is 0 Å². The molecule has 0 saturated heterocycles. The minimum Gasteiger partial charge on any atom is -0.508 e. The first kappa shape index (κ1) is 19.0. The Morgan fingerprint density at radius 1 is 1.11 bits per heavy atom. The molecule has 0 radical (unpaired) electrons. The third kappa shape index (κ3) is 4.16. The molecule has 2 aromatic rings. The molecule has 0 fully saturated rings. The number of fused-ring (bicyclic) bond motifs is 1. The number of rotatable bonds is 3. The number of hydrogen-bond donors (Lipinski definition) is 2. The number of carbonyl (C=O) groups is 1. The number of phenols is 1. The van der Waals surface area contributed by atoms with E-state index < -0.39 is 6.10 Å². The first-order valence-electron chi connectivity index (χ1n) is 9.28. The fourth-order valence-electron chi connectivity index (χ4n) is 2.98. The first-order chi connectivity index (χ1) is 12.7.